The van der Waals surface area contributed by atoms with Gasteiger partial charge in [0.05, 0.1) is 9.95 Å². The number of sulfonamides is 1. The summed E-state index contributed by atoms with van der Waals surface area (Å²) in [5, 5.41) is 13.6. The van der Waals surface area contributed by atoms with Crippen molar-refractivity contribution in [2.75, 3.05) is 13.1 Å². The molecule has 1 saturated heterocycles. The number of nitrogens with one attached hydrogen (secondary N) is 2. The largest absolute Gasteiger partial charge is 0.317 e. The first-order valence-electron chi connectivity index (χ1n) is 6.07. The van der Waals surface area contributed by atoms with E-state index in [1.807, 2.05) is 0 Å². The van der Waals surface area contributed by atoms with Gasteiger partial charge in [-0.2, -0.15) is 0 Å². The number of piperidine rings is 1. The molecule has 2 rings (SSSR count). The van der Waals surface area contributed by atoms with Crippen molar-refractivity contribution >= 4 is 27.3 Å². The second kappa shape index (κ2) is 6.04. The minimum absolute atomic E-state index is 0.136. The molecule has 1 fully saturated rings. The number of nitro groups is 1. The van der Waals surface area contributed by atoms with E-state index in [1.54, 1.807) is 0 Å². The predicted molar refractivity (Wildman–Crippen MR) is 74.3 cm³/mol. The Hall–Kier alpha value is -1.22. The van der Waals surface area contributed by atoms with E-state index in [0.717, 1.165) is 31.3 Å². The Morgan fingerprint density at radius 1 is 1.35 bits per heavy atom. The molecule has 0 unspecified atom stereocenters. The lowest BCUT2D eigenvalue weighted by atomic mass is 10.1. The van der Waals surface area contributed by atoms with Gasteiger partial charge in [-0.1, -0.05) is 11.6 Å². The SMILES string of the molecule is O=[N+]([O-])c1ccc(S(=O)(=O)NC2CCNCC2)c(Cl)c1. The average Bonchev–Trinajstić information content (AvgIpc) is 2.38. The van der Waals surface area contributed by atoms with E-state index >= 15 is 0 Å². The monoisotopic (exact) mass is 319 g/mol. The molecule has 0 spiro atoms. The molecule has 7 nitrogen and oxygen atoms in total. The summed E-state index contributed by atoms with van der Waals surface area (Å²) in [4.78, 5) is 9.85. The normalized spacial score (nSPS) is 17.1. The molecule has 0 aromatic heterocycles. The third-order valence-electron chi connectivity index (χ3n) is 3.08. The molecule has 20 heavy (non-hydrogen) atoms. The van der Waals surface area contributed by atoms with Gasteiger partial charge in [0, 0.05) is 18.2 Å². The first-order valence-corrected chi connectivity index (χ1v) is 7.93. The van der Waals surface area contributed by atoms with Gasteiger partial charge in [0.1, 0.15) is 4.90 Å². The topological polar surface area (TPSA) is 101 Å². The van der Waals surface area contributed by atoms with Crippen molar-refractivity contribution in [3.63, 3.8) is 0 Å². The first kappa shape index (κ1) is 15.2. The minimum Gasteiger partial charge on any atom is -0.317 e. The van der Waals surface area contributed by atoms with Crippen LogP contribution in [0.2, 0.25) is 5.02 Å². The summed E-state index contributed by atoms with van der Waals surface area (Å²) in [7, 11) is -3.77. The number of benzene rings is 1. The van der Waals surface area contributed by atoms with E-state index in [4.69, 9.17) is 11.6 Å². The Kier molecular flexibility index (Phi) is 4.59. The van der Waals surface area contributed by atoms with Crippen molar-refractivity contribution in [3.8, 4) is 0 Å². The molecule has 0 saturated carbocycles. The van der Waals surface area contributed by atoms with Crippen LogP contribution in [0.4, 0.5) is 5.69 Å². The Morgan fingerprint density at radius 3 is 2.55 bits per heavy atom. The van der Waals surface area contributed by atoms with Gasteiger partial charge in [-0.05, 0) is 32.0 Å². The fourth-order valence-electron chi connectivity index (χ4n) is 2.04. The van der Waals surface area contributed by atoms with Gasteiger partial charge in [-0.15, -0.1) is 0 Å². The van der Waals surface area contributed by atoms with Gasteiger partial charge < -0.3 is 5.32 Å². The standard InChI is InChI=1S/C11H14ClN3O4S/c12-10-7-9(15(16)17)1-2-11(10)20(18,19)14-8-3-5-13-6-4-8/h1-2,7-8,13-14H,3-6H2. The van der Waals surface area contributed by atoms with Crippen LogP contribution in [-0.4, -0.2) is 32.5 Å². The number of halogens is 1. The highest BCUT2D eigenvalue weighted by molar-refractivity contribution is 7.89. The van der Waals surface area contributed by atoms with E-state index in [0.29, 0.717) is 12.8 Å². The van der Waals surface area contributed by atoms with Gasteiger partial charge in [0.15, 0.2) is 0 Å². The van der Waals surface area contributed by atoms with Crippen LogP contribution >= 0.6 is 11.6 Å². The van der Waals surface area contributed by atoms with E-state index in [2.05, 4.69) is 10.0 Å². The van der Waals surface area contributed by atoms with Crippen molar-refractivity contribution in [1.29, 1.82) is 0 Å². The van der Waals surface area contributed by atoms with Crippen molar-refractivity contribution in [1.82, 2.24) is 10.0 Å². The van der Waals surface area contributed by atoms with E-state index in [1.165, 1.54) is 0 Å². The van der Waals surface area contributed by atoms with Crippen LogP contribution in [0, 0.1) is 10.1 Å². The van der Waals surface area contributed by atoms with E-state index in [-0.39, 0.29) is 21.6 Å². The Bertz CT molecular complexity index is 614. The van der Waals surface area contributed by atoms with Gasteiger partial charge in [0.25, 0.3) is 5.69 Å². The lowest BCUT2D eigenvalue weighted by Gasteiger charge is -2.23. The molecule has 1 aliphatic heterocycles. The molecular formula is C11H14ClN3O4S. The van der Waals surface area contributed by atoms with Gasteiger partial charge in [0.2, 0.25) is 10.0 Å². The zero-order chi connectivity index (χ0) is 14.8. The van der Waals surface area contributed by atoms with E-state index in [9.17, 15) is 18.5 Å². The average molecular weight is 320 g/mol. The number of hydrogen-bond acceptors (Lipinski definition) is 5. The molecule has 0 atom stereocenters. The van der Waals surface area contributed by atoms with Crippen LogP contribution < -0.4 is 10.0 Å². The van der Waals surface area contributed by atoms with Crippen molar-refractivity contribution < 1.29 is 13.3 Å². The molecule has 0 bridgehead atoms. The molecule has 1 aromatic carbocycles. The number of nitrogens with zero attached hydrogens (tertiary/aromatic N) is 1. The maximum absolute atomic E-state index is 12.2. The molecule has 1 heterocycles. The third-order valence-corrected chi connectivity index (χ3v) is 5.08. The summed E-state index contributed by atoms with van der Waals surface area (Å²) >= 11 is 5.84. The molecule has 1 aliphatic rings. The van der Waals surface area contributed by atoms with Gasteiger partial charge in [-0.25, -0.2) is 13.1 Å². The zero-order valence-electron chi connectivity index (χ0n) is 10.5. The number of nitro benzene ring substituents is 1. The summed E-state index contributed by atoms with van der Waals surface area (Å²) in [5.41, 5.74) is -0.240. The zero-order valence-corrected chi connectivity index (χ0v) is 12.1. The second-order valence-corrected chi connectivity index (χ2v) is 6.61. The van der Waals surface area contributed by atoms with Gasteiger partial charge in [-0.3, -0.25) is 10.1 Å². The van der Waals surface area contributed by atoms with Gasteiger partial charge >= 0.3 is 0 Å². The lowest BCUT2D eigenvalue weighted by Crippen LogP contribution is -2.42. The van der Waals surface area contributed by atoms with Crippen LogP contribution in [0.15, 0.2) is 23.1 Å². The van der Waals surface area contributed by atoms with Crippen LogP contribution in [0.5, 0.6) is 0 Å². The minimum atomic E-state index is -3.77. The summed E-state index contributed by atoms with van der Waals surface area (Å²) < 4.78 is 27.0. The van der Waals surface area contributed by atoms with Crippen molar-refractivity contribution in [2.24, 2.45) is 0 Å². The smallest absolute Gasteiger partial charge is 0.271 e. The highest BCUT2D eigenvalue weighted by atomic mass is 35.5. The fourth-order valence-corrected chi connectivity index (χ4v) is 3.89. The fraction of sp³-hybridized carbons (Fsp3) is 0.455. The van der Waals surface area contributed by atoms with Crippen LogP contribution in [0.3, 0.4) is 0 Å². The first-order chi connectivity index (χ1) is 9.40. The third kappa shape index (κ3) is 3.45. The number of hydrogen-bond donors (Lipinski definition) is 2. The molecule has 0 radical (unpaired) electrons. The number of rotatable bonds is 4. The van der Waals surface area contributed by atoms with Crippen LogP contribution in [-0.2, 0) is 10.0 Å². The Balaban J connectivity index is 2.22. The Labute approximate surface area is 121 Å². The highest BCUT2D eigenvalue weighted by Gasteiger charge is 2.24. The maximum atomic E-state index is 12.2. The summed E-state index contributed by atoms with van der Waals surface area (Å²) in [6.45, 7) is 1.50. The summed E-state index contributed by atoms with van der Waals surface area (Å²) in [6.07, 6.45) is 1.40. The van der Waals surface area contributed by atoms with Crippen molar-refractivity contribution in [3.05, 3.63) is 33.3 Å². The molecular weight excluding hydrogens is 306 g/mol. The molecule has 0 amide bonds. The Morgan fingerprint density at radius 2 is 2.00 bits per heavy atom. The van der Waals surface area contributed by atoms with E-state index < -0.39 is 14.9 Å². The lowest BCUT2D eigenvalue weighted by molar-refractivity contribution is -0.384. The quantitative estimate of drug-likeness (QED) is 0.643. The van der Waals surface area contributed by atoms with Crippen molar-refractivity contribution in [2.45, 2.75) is 23.8 Å². The second-order valence-electron chi connectivity index (χ2n) is 4.52. The number of non-ortho nitro benzene ring substituents is 1. The van der Waals surface area contributed by atoms with Crippen LogP contribution in [0.25, 0.3) is 0 Å². The summed E-state index contributed by atoms with van der Waals surface area (Å²) in [5.74, 6) is 0. The molecule has 0 aliphatic carbocycles. The molecule has 2 N–H and O–H groups in total. The summed E-state index contributed by atoms with van der Waals surface area (Å²) in [6, 6.07) is 3.18. The molecule has 110 valence electrons. The molecule has 1 aromatic rings. The predicted octanol–water partition coefficient (Wildman–Crippen LogP) is 1.28. The molecule has 9 heteroatoms. The highest BCUT2D eigenvalue weighted by Crippen LogP contribution is 2.26. The maximum Gasteiger partial charge on any atom is 0.271 e. The van der Waals surface area contributed by atoms with Crippen LogP contribution in [0.1, 0.15) is 12.8 Å².